The number of aromatic nitrogens is 1. The van der Waals surface area contributed by atoms with Crippen LogP contribution in [0.4, 0.5) is 5.69 Å². The van der Waals surface area contributed by atoms with Gasteiger partial charge in [0, 0.05) is 6.92 Å². The van der Waals surface area contributed by atoms with E-state index in [0.29, 0.717) is 21.6 Å². The van der Waals surface area contributed by atoms with Crippen LogP contribution >= 0.6 is 34.8 Å². The van der Waals surface area contributed by atoms with E-state index in [2.05, 4.69) is 10.3 Å². The van der Waals surface area contributed by atoms with Crippen molar-refractivity contribution in [2.75, 3.05) is 5.32 Å². The van der Waals surface area contributed by atoms with Crippen LogP contribution in [-0.2, 0) is 0 Å². The summed E-state index contributed by atoms with van der Waals surface area (Å²) in [6, 6.07) is 2.92. The van der Waals surface area contributed by atoms with Crippen LogP contribution in [0, 0.1) is 6.92 Å². The van der Waals surface area contributed by atoms with Crippen LogP contribution in [0.25, 0.3) is 0 Å². The molecule has 0 spiro atoms. The number of halogens is 3. The van der Waals surface area contributed by atoms with E-state index >= 15 is 0 Å². The van der Waals surface area contributed by atoms with Crippen LogP contribution in [0.1, 0.15) is 16.4 Å². The first-order valence-electron chi connectivity index (χ1n) is 4.85. The average Bonchev–Trinajstić information content (AvgIpc) is 2.73. The van der Waals surface area contributed by atoms with Gasteiger partial charge in [0.15, 0.2) is 11.6 Å². The van der Waals surface area contributed by atoms with Crippen LogP contribution in [0.5, 0.6) is 0 Å². The Morgan fingerprint density at radius 2 is 1.89 bits per heavy atom. The molecule has 1 heterocycles. The van der Waals surface area contributed by atoms with Crippen LogP contribution in [-0.4, -0.2) is 10.9 Å². The molecule has 0 saturated carbocycles. The molecule has 2 rings (SSSR count). The molecule has 1 amide bonds. The van der Waals surface area contributed by atoms with Crippen molar-refractivity contribution in [1.82, 2.24) is 4.98 Å². The molecule has 94 valence electrons. The van der Waals surface area contributed by atoms with Gasteiger partial charge in [-0.05, 0) is 12.1 Å². The monoisotopic (exact) mass is 304 g/mol. The van der Waals surface area contributed by atoms with Crippen molar-refractivity contribution in [3.05, 3.63) is 45.0 Å². The highest BCUT2D eigenvalue weighted by Crippen LogP contribution is 2.32. The van der Waals surface area contributed by atoms with Gasteiger partial charge in [0.25, 0.3) is 5.91 Å². The van der Waals surface area contributed by atoms with Gasteiger partial charge in [0.2, 0.25) is 0 Å². The highest BCUT2D eigenvalue weighted by molar-refractivity contribution is 6.44. The third-order valence-electron chi connectivity index (χ3n) is 2.11. The number of hydrogen-bond donors (Lipinski definition) is 1. The summed E-state index contributed by atoms with van der Waals surface area (Å²) in [7, 11) is 0. The quantitative estimate of drug-likeness (QED) is 0.846. The smallest absolute Gasteiger partial charge is 0.277 e. The molecular formula is C11H7Cl3N2O2. The Labute approximate surface area is 118 Å². The second-order valence-corrected chi connectivity index (χ2v) is 4.67. The molecule has 0 fully saturated rings. The maximum atomic E-state index is 11.8. The van der Waals surface area contributed by atoms with E-state index in [4.69, 9.17) is 39.2 Å². The molecule has 1 aromatic heterocycles. The Morgan fingerprint density at radius 3 is 2.50 bits per heavy atom. The lowest BCUT2D eigenvalue weighted by atomic mass is 10.3. The third kappa shape index (κ3) is 2.77. The van der Waals surface area contributed by atoms with Gasteiger partial charge in [-0.3, -0.25) is 4.79 Å². The zero-order chi connectivity index (χ0) is 13.3. The van der Waals surface area contributed by atoms with E-state index in [-0.39, 0.29) is 10.7 Å². The van der Waals surface area contributed by atoms with Gasteiger partial charge in [-0.15, -0.1) is 0 Å². The lowest BCUT2D eigenvalue weighted by Gasteiger charge is -2.07. The summed E-state index contributed by atoms with van der Waals surface area (Å²) >= 11 is 17.6. The molecule has 4 nitrogen and oxygen atoms in total. The second kappa shape index (κ2) is 5.18. The number of nitrogens with zero attached hydrogens (tertiary/aromatic N) is 1. The summed E-state index contributed by atoms with van der Waals surface area (Å²) in [5.41, 5.74) is 0.520. The average molecular weight is 306 g/mol. The highest BCUT2D eigenvalue weighted by Gasteiger charge is 2.13. The fourth-order valence-electron chi connectivity index (χ4n) is 1.27. The standard InChI is InChI=1S/C11H7Cl3N2O2/c1-5-15-10(4-18-5)11(17)16-9-3-7(13)6(12)2-8(9)14/h2-4H,1H3,(H,16,17). The molecule has 0 aliphatic rings. The Kier molecular flexibility index (Phi) is 3.80. The SMILES string of the molecule is Cc1nc(C(=O)Nc2cc(Cl)c(Cl)cc2Cl)co1. The molecule has 0 bridgehead atoms. The topological polar surface area (TPSA) is 55.1 Å². The van der Waals surface area contributed by atoms with E-state index in [0.717, 1.165) is 0 Å². The number of oxazole rings is 1. The van der Waals surface area contributed by atoms with Crippen molar-refractivity contribution in [2.24, 2.45) is 0 Å². The lowest BCUT2D eigenvalue weighted by Crippen LogP contribution is -2.12. The summed E-state index contributed by atoms with van der Waals surface area (Å²) in [6.45, 7) is 1.64. The Balaban J connectivity index is 2.24. The highest BCUT2D eigenvalue weighted by atomic mass is 35.5. The first-order chi connectivity index (χ1) is 8.47. The molecule has 1 aromatic carbocycles. The number of nitrogens with one attached hydrogen (secondary N) is 1. The number of hydrogen-bond acceptors (Lipinski definition) is 3. The molecule has 0 unspecified atom stereocenters. The minimum Gasteiger partial charge on any atom is -0.448 e. The molecule has 2 aromatic rings. The molecule has 0 saturated heterocycles. The first-order valence-corrected chi connectivity index (χ1v) is 5.99. The Hall–Kier alpha value is -1.23. The number of rotatable bonds is 2. The molecule has 18 heavy (non-hydrogen) atoms. The van der Waals surface area contributed by atoms with Crippen LogP contribution in [0.3, 0.4) is 0 Å². The minimum atomic E-state index is -0.438. The van der Waals surface area contributed by atoms with Gasteiger partial charge in [0.1, 0.15) is 6.26 Å². The van der Waals surface area contributed by atoms with Gasteiger partial charge in [-0.25, -0.2) is 4.98 Å². The third-order valence-corrected chi connectivity index (χ3v) is 3.14. The number of amides is 1. The molecule has 0 aliphatic carbocycles. The summed E-state index contributed by atoms with van der Waals surface area (Å²) < 4.78 is 4.94. The maximum absolute atomic E-state index is 11.8. The van der Waals surface area contributed by atoms with E-state index in [9.17, 15) is 4.79 Å². The number of aryl methyl sites for hydroxylation is 1. The van der Waals surface area contributed by atoms with Gasteiger partial charge in [-0.1, -0.05) is 34.8 Å². The fourth-order valence-corrected chi connectivity index (χ4v) is 1.87. The minimum absolute atomic E-state index is 0.162. The van der Waals surface area contributed by atoms with Crippen molar-refractivity contribution >= 4 is 46.4 Å². The summed E-state index contributed by atoms with van der Waals surface area (Å²) in [4.78, 5) is 15.7. The summed E-state index contributed by atoms with van der Waals surface area (Å²) in [5.74, 6) is -0.0347. The van der Waals surface area contributed by atoms with Gasteiger partial charge in [-0.2, -0.15) is 0 Å². The number of benzene rings is 1. The van der Waals surface area contributed by atoms with Gasteiger partial charge in [0.05, 0.1) is 20.8 Å². The lowest BCUT2D eigenvalue weighted by molar-refractivity contribution is 0.102. The molecule has 0 radical (unpaired) electrons. The van der Waals surface area contributed by atoms with E-state index in [1.54, 1.807) is 6.92 Å². The maximum Gasteiger partial charge on any atom is 0.277 e. The van der Waals surface area contributed by atoms with Crippen molar-refractivity contribution in [3.8, 4) is 0 Å². The zero-order valence-electron chi connectivity index (χ0n) is 9.13. The van der Waals surface area contributed by atoms with Crippen molar-refractivity contribution in [3.63, 3.8) is 0 Å². The van der Waals surface area contributed by atoms with Crippen molar-refractivity contribution in [2.45, 2.75) is 6.92 Å². The fraction of sp³-hybridized carbons (Fsp3) is 0.0909. The number of carbonyl (C=O) groups is 1. The molecule has 1 N–H and O–H groups in total. The van der Waals surface area contributed by atoms with Gasteiger partial charge < -0.3 is 9.73 Å². The summed E-state index contributed by atoms with van der Waals surface area (Å²) in [6.07, 6.45) is 1.26. The van der Waals surface area contributed by atoms with E-state index in [1.165, 1.54) is 18.4 Å². The Bertz CT molecular complexity index is 610. The van der Waals surface area contributed by atoms with E-state index in [1.807, 2.05) is 0 Å². The normalized spacial score (nSPS) is 10.4. The van der Waals surface area contributed by atoms with Crippen LogP contribution in [0.15, 0.2) is 22.8 Å². The Morgan fingerprint density at radius 1 is 1.22 bits per heavy atom. The van der Waals surface area contributed by atoms with Crippen molar-refractivity contribution < 1.29 is 9.21 Å². The van der Waals surface area contributed by atoms with Crippen LogP contribution in [0.2, 0.25) is 15.1 Å². The molecule has 0 aliphatic heterocycles. The predicted molar refractivity (Wildman–Crippen MR) is 70.7 cm³/mol. The molecule has 0 atom stereocenters. The second-order valence-electron chi connectivity index (χ2n) is 3.45. The van der Waals surface area contributed by atoms with Crippen LogP contribution < -0.4 is 5.32 Å². The van der Waals surface area contributed by atoms with E-state index < -0.39 is 5.91 Å². The summed E-state index contributed by atoms with van der Waals surface area (Å²) in [5, 5.41) is 3.48. The molecular weight excluding hydrogens is 298 g/mol. The predicted octanol–water partition coefficient (Wildman–Crippen LogP) is 4.20. The number of anilines is 1. The van der Waals surface area contributed by atoms with Crippen molar-refractivity contribution in [1.29, 1.82) is 0 Å². The first kappa shape index (κ1) is 13.2. The van der Waals surface area contributed by atoms with Gasteiger partial charge >= 0.3 is 0 Å². The number of carbonyl (C=O) groups excluding carboxylic acids is 1. The zero-order valence-corrected chi connectivity index (χ0v) is 11.4. The molecule has 7 heteroatoms. The largest absolute Gasteiger partial charge is 0.448 e.